The second-order valence-corrected chi connectivity index (χ2v) is 7.92. The topological polar surface area (TPSA) is 24.9 Å². The second kappa shape index (κ2) is 6.57. The molecule has 1 aromatic heterocycles. The van der Waals surface area contributed by atoms with Gasteiger partial charge in [0.1, 0.15) is 5.82 Å². The lowest BCUT2D eigenvalue weighted by atomic mass is 9.88. The summed E-state index contributed by atoms with van der Waals surface area (Å²) in [5, 5.41) is 6.04. The van der Waals surface area contributed by atoms with Crippen molar-refractivity contribution in [1.29, 1.82) is 0 Å². The summed E-state index contributed by atoms with van der Waals surface area (Å²) in [6.45, 7) is 1.01. The second-order valence-electron chi connectivity index (χ2n) is 5.80. The Morgan fingerprint density at radius 1 is 1.19 bits per heavy atom. The number of aromatic nitrogens is 1. The summed E-state index contributed by atoms with van der Waals surface area (Å²) >= 11 is 5.64. The maximum atomic E-state index is 4.56. The largest absolute Gasteiger partial charge is 0.368 e. The number of anilines is 1. The highest BCUT2D eigenvalue weighted by atomic mass is 79.9. The predicted octanol–water partition coefficient (Wildman–Crippen LogP) is 5.48. The van der Waals surface area contributed by atoms with Crippen LogP contribution in [0.15, 0.2) is 34.9 Å². The molecular formula is C17H21BrN2S. The SMILES string of the molecule is CSC1(CNc2nccc3c(Br)cccc23)CCCCC1. The van der Waals surface area contributed by atoms with Crippen molar-refractivity contribution in [2.24, 2.45) is 0 Å². The standard InChI is InChI=1S/C17H21BrN2S/c1-21-17(9-3-2-4-10-17)12-20-16-14-6-5-7-15(18)13(14)8-11-19-16/h5-8,11H,2-4,9-10,12H2,1H3,(H,19,20). The average Bonchev–Trinajstić information content (AvgIpc) is 2.54. The molecule has 112 valence electrons. The van der Waals surface area contributed by atoms with Crippen LogP contribution in [0.2, 0.25) is 0 Å². The normalized spacial score (nSPS) is 17.8. The van der Waals surface area contributed by atoms with Crippen molar-refractivity contribution in [2.75, 3.05) is 18.1 Å². The van der Waals surface area contributed by atoms with Gasteiger partial charge in [-0.3, -0.25) is 0 Å². The number of rotatable bonds is 4. The third kappa shape index (κ3) is 3.21. The van der Waals surface area contributed by atoms with Gasteiger partial charge >= 0.3 is 0 Å². The number of nitrogens with one attached hydrogen (secondary N) is 1. The lowest BCUT2D eigenvalue weighted by Gasteiger charge is -2.36. The van der Waals surface area contributed by atoms with Gasteiger partial charge in [-0.2, -0.15) is 11.8 Å². The van der Waals surface area contributed by atoms with Crippen LogP contribution < -0.4 is 5.32 Å². The van der Waals surface area contributed by atoms with E-state index in [1.54, 1.807) is 0 Å². The van der Waals surface area contributed by atoms with Gasteiger partial charge in [0, 0.05) is 32.7 Å². The number of nitrogens with zero attached hydrogens (tertiary/aromatic N) is 1. The van der Waals surface area contributed by atoms with Crippen LogP contribution in [0.5, 0.6) is 0 Å². The molecular weight excluding hydrogens is 344 g/mol. The van der Waals surface area contributed by atoms with Crippen LogP contribution in [0.1, 0.15) is 32.1 Å². The fourth-order valence-electron chi connectivity index (χ4n) is 3.20. The summed E-state index contributed by atoms with van der Waals surface area (Å²) < 4.78 is 1.51. The molecule has 1 aliphatic carbocycles. The number of halogens is 1. The maximum Gasteiger partial charge on any atom is 0.133 e. The molecule has 0 atom stereocenters. The minimum Gasteiger partial charge on any atom is -0.368 e. The van der Waals surface area contributed by atoms with E-state index in [-0.39, 0.29) is 0 Å². The van der Waals surface area contributed by atoms with Crippen molar-refractivity contribution in [3.63, 3.8) is 0 Å². The van der Waals surface area contributed by atoms with Crippen molar-refractivity contribution >= 4 is 44.3 Å². The molecule has 1 aromatic carbocycles. The quantitative estimate of drug-likeness (QED) is 0.777. The number of benzene rings is 1. The number of hydrogen-bond donors (Lipinski definition) is 1. The Morgan fingerprint density at radius 3 is 2.76 bits per heavy atom. The molecule has 1 fully saturated rings. The van der Waals surface area contributed by atoms with Crippen molar-refractivity contribution in [3.8, 4) is 0 Å². The van der Waals surface area contributed by atoms with Gasteiger partial charge in [0.05, 0.1) is 0 Å². The highest BCUT2D eigenvalue weighted by Crippen LogP contribution is 2.39. The first-order valence-corrected chi connectivity index (χ1v) is 9.58. The molecule has 1 heterocycles. The Hall–Kier alpha value is -0.740. The average molecular weight is 365 g/mol. The molecule has 0 aliphatic heterocycles. The van der Waals surface area contributed by atoms with Gasteiger partial charge in [-0.25, -0.2) is 4.98 Å². The highest BCUT2D eigenvalue weighted by molar-refractivity contribution is 9.10. The van der Waals surface area contributed by atoms with Crippen LogP contribution in [-0.4, -0.2) is 22.5 Å². The highest BCUT2D eigenvalue weighted by Gasteiger charge is 2.31. The first kappa shape index (κ1) is 15.2. The fourth-order valence-corrected chi connectivity index (χ4v) is 4.62. The van der Waals surface area contributed by atoms with E-state index in [2.05, 4.69) is 56.8 Å². The number of fused-ring (bicyclic) bond motifs is 1. The Labute approximate surface area is 139 Å². The van der Waals surface area contributed by atoms with Gasteiger partial charge in [-0.1, -0.05) is 47.3 Å². The molecule has 21 heavy (non-hydrogen) atoms. The van der Waals surface area contributed by atoms with Crippen LogP contribution in [0, 0.1) is 0 Å². The Bertz CT molecular complexity index is 623. The molecule has 0 saturated heterocycles. The Morgan fingerprint density at radius 2 is 2.00 bits per heavy atom. The van der Waals surface area contributed by atoms with Crippen LogP contribution >= 0.6 is 27.7 Å². The van der Waals surface area contributed by atoms with Crippen LogP contribution in [0.3, 0.4) is 0 Å². The zero-order valence-electron chi connectivity index (χ0n) is 12.4. The molecule has 0 unspecified atom stereocenters. The van der Waals surface area contributed by atoms with Crippen LogP contribution in [0.4, 0.5) is 5.82 Å². The van der Waals surface area contributed by atoms with Crippen molar-refractivity contribution < 1.29 is 0 Å². The first-order chi connectivity index (χ1) is 10.2. The van der Waals surface area contributed by atoms with Gasteiger partial charge in [0.25, 0.3) is 0 Å². The van der Waals surface area contributed by atoms with E-state index in [1.165, 1.54) is 42.9 Å². The summed E-state index contributed by atoms with van der Waals surface area (Å²) in [6, 6.07) is 8.36. The van der Waals surface area contributed by atoms with E-state index in [0.717, 1.165) is 16.8 Å². The van der Waals surface area contributed by atoms with Gasteiger partial charge in [-0.05, 0) is 31.2 Å². The van der Waals surface area contributed by atoms with E-state index in [0.29, 0.717) is 4.75 Å². The van der Waals surface area contributed by atoms with Crippen molar-refractivity contribution in [2.45, 2.75) is 36.9 Å². The van der Waals surface area contributed by atoms with E-state index >= 15 is 0 Å². The lowest BCUT2D eigenvalue weighted by Crippen LogP contribution is -2.35. The first-order valence-electron chi connectivity index (χ1n) is 7.56. The third-order valence-corrected chi connectivity index (χ3v) is 6.64. The summed E-state index contributed by atoms with van der Waals surface area (Å²) in [5.41, 5.74) is 0. The predicted molar refractivity (Wildman–Crippen MR) is 97.3 cm³/mol. The monoisotopic (exact) mass is 364 g/mol. The fraction of sp³-hybridized carbons (Fsp3) is 0.471. The van der Waals surface area contributed by atoms with E-state index < -0.39 is 0 Å². The van der Waals surface area contributed by atoms with Crippen molar-refractivity contribution in [1.82, 2.24) is 4.98 Å². The zero-order chi connectivity index (χ0) is 14.7. The molecule has 1 aliphatic rings. The molecule has 2 aromatic rings. The number of hydrogen-bond acceptors (Lipinski definition) is 3. The molecule has 1 N–H and O–H groups in total. The number of pyridine rings is 1. The van der Waals surface area contributed by atoms with E-state index in [1.807, 2.05) is 18.0 Å². The third-order valence-electron chi connectivity index (χ3n) is 4.53. The molecule has 3 rings (SSSR count). The van der Waals surface area contributed by atoms with Crippen molar-refractivity contribution in [3.05, 3.63) is 34.9 Å². The van der Waals surface area contributed by atoms with E-state index in [9.17, 15) is 0 Å². The molecule has 0 spiro atoms. The Balaban J connectivity index is 1.83. The zero-order valence-corrected chi connectivity index (χ0v) is 14.8. The number of thioether (sulfide) groups is 1. The summed E-state index contributed by atoms with van der Waals surface area (Å²) in [4.78, 5) is 4.56. The van der Waals surface area contributed by atoms with Crippen LogP contribution in [-0.2, 0) is 0 Å². The van der Waals surface area contributed by atoms with Gasteiger partial charge < -0.3 is 5.32 Å². The van der Waals surface area contributed by atoms with Gasteiger partial charge in [-0.15, -0.1) is 0 Å². The van der Waals surface area contributed by atoms with Gasteiger partial charge in [0.15, 0.2) is 0 Å². The molecule has 0 amide bonds. The smallest absolute Gasteiger partial charge is 0.133 e. The lowest BCUT2D eigenvalue weighted by molar-refractivity contribution is 0.411. The Kier molecular flexibility index (Phi) is 4.75. The molecule has 4 heteroatoms. The minimum atomic E-state index is 0.383. The molecule has 2 nitrogen and oxygen atoms in total. The van der Waals surface area contributed by atoms with Crippen LogP contribution in [0.25, 0.3) is 10.8 Å². The molecule has 0 bridgehead atoms. The maximum absolute atomic E-state index is 4.56. The summed E-state index contributed by atoms with van der Waals surface area (Å²) in [6.07, 6.45) is 10.9. The van der Waals surface area contributed by atoms with E-state index in [4.69, 9.17) is 0 Å². The summed E-state index contributed by atoms with van der Waals surface area (Å²) in [5.74, 6) is 1.01. The molecule has 0 radical (unpaired) electrons. The summed E-state index contributed by atoms with van der Waals surface area (Å²) in [7, 11) is 0. The van der Waals surface area contributed by atoms with Gasteiger partial charge in [0.2, 0.25) is 0 Å². The molecule has 1 saturated carbocycles. The minimum absolute atomic E-state index is 0.383.